The fourth-order valence-electron chi connectivity index (χ4n) is 2.68. The number of fused-ring (bicyclic) bond motifs is 1. The molecule has 0 aromatic heterocycles. The smallest absolute Gasteiger partial charge is 0.260 e. The number of amides is 1. The number of hydrogen-bond acceptors (Lipinski definition) is 3. The number of para-hydroxylation sites is 2. The van der Waals surface area contributed by atoms with Gasteiger partial charge in [-0.05, 0) is 29.7 Å². The van der Waals surface area contributed by atoms with Crippen LogP contribution in [-0.4, -0.2) is 31.1 Å². The van der Waals surface area contributed by atoms with Gasteiger partial charge in [-0.2, -0.15) is 0 Å². The van der Waals surface area contributed by atoms with Crippen molar-refractivity contribution in [1.82, 2.24) is 4.90 Å². The zero-order chi connectivity index (χ0) is 15.4. The molecule has 1 aliphatic rings. The van der Waals surface area contributed by atoms with Gasteiger partial charge in [0.2, 0.25) is 0 Å². The van der Waals surface area contributed by atoms with Gasteiger partial charge >= 0.3 is 0 Å². The molecule has 2 aromatic rings. The standard InChI is InChI=1S/C18H19NO3/c1-21-16-8-4-5-9-17(16)22-13-18(20)19-11-10-14-6-2-3-7-15(14)12-19/h2-9H,10-13H2,1H3. The Balaban J connectivity index is 1.61. The molecule has 1 aliphatic heterocycles. The fourth-order valence-corrected chi connectivity index (χ4v) is 2.68. The minimum atomic E-state index is 0.000379. The van der Waals surface area contributed by atoms with Crippen LogP contribution in [-0.2, 0) is 17.8 Å². The normalized spacial score (nSPS) is 13.4. The van der Waals surface area contributed by atoms with Crippen molar-refractivity contribution in [2.24, 2.45) is 0 Å². The van der Waals surface area contributed by atoms with Crippen molar-refractivity contribution in [2.45, 2.75) is 13.0 Å². The van der Waals surface area contributed by atoms with Gasteiger partial charge in [0.05, 0.1) is 7.11 Å². The van der Waals surface area contributed by atoms with Crippen molar-refractivity contribution in [2.75, 3.05) is 20.3 Å². The summed E-state index contributed by atoms with van der Waals surface area (Å²) in [7, 11) is 1.59. The number of carbonyl (C=O) groups is 1. The van der Waals surface area contributed by atoms with Gasteiger partial charge in [-0.25, -0.2) is 0 Å². The third-order valence-electron chi connectivity index (χ3n) is 3.90. The Morgan fingerprint density at radius 3 is 2.50 bits per heavy atom. The Bertz CT molecular complexity index is 669. The summed E-state index contributed by atoms with van der Waals surface area (Å²) < 4.78 is 10.8. The van der Waals surface area contributed by atoms with Gasteiger partial charge in [0.15, 0.2) is 18.1 Å². The van der Waals surface area contributed by atoms with Crippen LogP contribution in [0.3, 0.4) is 0 Å². The van der Waals surface area contributed by atoms with Crippen LogP contribution in [0.25, 0.3) is 0 Å². The van der Waals surface area contributed by atoms with E-state index in [2.05, 4.69) is 12.1 Å². The number of rotatable bonds is 4. The second-order valence-corrected chi connectivity index (χ2v) is 5.27. The molecule has 0 saturated carbocycles. The minimum Gasteiger partial charge on any atom is -0.493 e. The summed E-state index contributed by atoms with van der Waals surface area (Å²) in [5.74, 6) is 1.23. The van der Waals surface area contributed by atoms with Gasteiger partial charge in [0.25, 0.3) is 5.91 Å². The van der Waals surface area contributed by atoms with Crippen LogP contribution < -0.4 is 9.47 Å². The van der Waals surface area contributed by atoms with Crippen molar-refractivity contribution in [3.05, 3.63) is 59.7 Å². The topological polar surface area (TPSA) is 38.8 Å². The summed E-state index contributed by atoms with van der Waals surface area (Å²) in [6.07, 6.45) is 0.899. The predicted molar refractivity (Wildman–Crippen MR) is 84.1 cm³/mol. The molecule has 2 aromatic carbocycles. The number of methoxy groups -OCH3 is 1. The third-order valence-corrected chi connectivity index (χ3v) is 3.90. The van der Waals surface area contributed by atoms with E-state index in [0.717, 1.165) is 13.0 Å². The molecule has 3 rings (SSSR count). The second kappa shape index (κ2) is 6.52. The molecule has 22 heavy (non-hydrogen) atoms. The predicted octanol–water partition coefficient (Wildman–Crippen LogP) is 2.66. The van der Waals surface area contributed by atoms with Crippen molar-refractivity contribution < 1.29 is 14.3 Å². The zero-order valence-corrected chi connectivity index (χ0v) is 12.6. The molecule has 0 fully saturated rings. The van der Waals surface area contributed by atoms with E-state index in [9.17, 15) is 4.79 Å². The SMILES string of the molecule is COc1ccccc1OCC(=O)N1CCc2ccccc2C1. The van der Waals surface area contributed by atoms with Crippen LogP contribution in [0.1, 0.15) is 11.1 Å². The molecular formula is C18H19NO3. The highest BCUT2D eigenvalue weighted by atomic mass is 16.5. The maximum absolute atomic E-state index is 12.3. The summed E-state index contributed by atoms with van der Waals surface area (Å²) >= 11 is 0. The first kappa shape index (κ1) is 14.4. The summed E-state index contributed by atoms with van der Waals surface area (Å²) in [5.41, 5.74) is 2.55. The Morgan fingerprint density at radius 2 is 1.73 bits per heavy atom. The van der Waals surface area contributed by atoms with Gasteiger partial charge in [-0.15, -0.1) is 0 Å². The molecule has 4 heteroatoms. The maximum Gasteiger partial charge on any atom is 0.260 e. The Hall–Kier alpha value is -2.49. The summed E-state index contributed by atoms with van der Waals surface area (Å²) in [5, 5.41) is 0. The zero-order valence-electron chi connectivity index (χ0n) is 12.6. The molecular weight excluding hydrogens is 278 g/mol. The third kappa shape index (κ3) is 3.06. The number of benzene rings is 2. The average Bonchev–Trinajstić information content (AvgIpc) is 2.59. The molecule has 0 unspecified atom stereocenters. The van der Waals surface area contributed by atoms with E-state index < -0.39 is 0 Å². The molecule has 0 atom stereocenters. The molecule has 1 amide bonds. The van der Waals surface area contributed by atoms with Crippen LogP contribution in [0.2, 0.25) is 0 Å². The lowest BCUT2D eigenvalue weighted by molar-refractivity contribution is -0.134. The van der Waals surface area contributed by atoms with Crippen LogP contribution in [0.5, 0.6) is 11.5 Å². The fraction of sp³-hybridized carbons (Fsp3) is 0.278. The summed E-state index contributed by atoms with van der Waals surface area (Å²) in [6, 6.07) is 15.6. The Kier molecular flexibility index (Phi) is 4.28. The van der Waals surface area contributed by atoms with Crippen LogP contribution in [0, 0.1) is 0 Å². The van der Waals surface area contributed by atoms with Gasteiger partial charge < -0.3 is 14.4 Å². The van der Waals surface area contributed by atoms with E-state index in [1.807, 2.05) is 35.2 Å². The molecule has 0 aliphatic carbocycles. The van der Waals surface area contributed by atoms with E-state index in [1.165, 1.54) is 11.1 Å². The highest BCUT2D eigenvalue weighted by molar-refractivity contribution is 5.78. The van der Waals surface area contributed by atoms with E-state index in [4.69, 9.17) is 9.47 Å². The monoisotopic (exact) mass is 297 g/mol. The van der Waals surface area contributed by atoms with E-state index in [0.29, 0.717) is 18.0 Å². The minimum absolute atomic E-state index is 0.000379. The van der Waals surface area contributed by atoms with E-state index in [1.54, 1.807) is 13.2 Å². The molecule has 0 bridgehead atoms. The lowest BCUT2D eigenvalue weighted by Gasteiger charge is -2.28. The molecule has 0 radical (unpaired) electrons. The second-order valence-electron chi connectivity index (χ2n) is 5.27. The molecule has 114 valence electrons. The van der Waals surface area contributed by atoms with Crippen molar-refractivity contribution in [1.29, 1.82) is 0 Å². The summed E-state index contributed by atoms with van der Waals surface area (Å²) in [4.78, 5) is 14.2. The number of hydrogen-bond donors (Lipinski definition) is 0. The van der Waals surface area contributed by atoms with Gasteiger partial charge in [-0.3, -0.25) is 4.79 Å². The number of ether oxygens (including phenoxy) is 2. The molecule has 0 saturated heterocycles. The highest BCUT2D eigenvalue weighted by Crippen LogP contribution is 2.26. The number of nitrogens with zero attached hydrogens (tertiary/aromatic N) is 1. The largest absolute Gasteiger partial charge is 0.493 e. The van der Waals surface area contributed by atoms with Crippen molar-refractivity contribution >= 4 is 5.91 Å². The first-order valence-corrected chi connectivity index (χ1v) is 7.38. The first-order chi connectivity index (χ1) is 10.8. The number of carbonyl (C=O) groups excluding carboxylic acids is 1. The van der Waals surface area contributed by atoms with Gasteiger partial charge in [0, 0.05) is 13.1 Å². The lowest BCUT2D eigenvalue weighted by Crippen LogP contribution is -2.38. The first-order valence-electron chi connectivity index (χ1n) is 7.38. The molecule has 4 nitrogen and oxygen atoms in total. The quantitative estimate of drug-likeness (QED) is 0.871. The maximum atomic E-state index is 12.3. The van der Waals surface area contributed by atoms with E-state index >= 15 is 0 Å². The summed E-state index contributed by atoms with van der Waals surface area (Å²) in [6.45, 7) is 1.43. The van der Waals surface area contributed by atoms with E-state index in [-0.39, 0.29) is 12.5 Å². The van der Waals surface area contributed by atoms with Crippen LogP contribution in [0.15, 0.2) is 48.5 Å². The van der Waals surface area contributed by atoms with Gasteiger partial charge in [0.1, 0.15) is 0 Å². The lowest BCUT2D eigenvalue weighted by atomic mass is 10.00. The highest BCUT2D eigenvalue weighted by Gasteiger charge is 2.20. The Labute approximate surface area is 130 Å². The molecule has 0 spiro atoms. The van der Waals surface area contributed by atoms with Gasteiger partial charge in [-0.1, -0.05) is 36.4 Å². The van der Waals surface area contributed by atoms with Crippen molar-refractivity contribution in [3.8, 4) is 11.5 Å². The van der Waals surface area contributed by atoms with Crippen LogP contribution in [0.4, 0.5) is 0 Å². The Morgan fingerprint density at radius 1 is 1.05 bits per heavy atom. The average molecular weight is 297 g/mol. The molecule has 1 heterocycles. The molecule has 0 N–H and O–H groups in total. The van der Waals surface area contributed by atoms with Crippen LogP contribution >= 0.6 is 0 Å². The van der Waals surface area contributed by atoms with Crippen molar-refractivity contribution in [3.63, 3.8) is 0 Å².